The Labute approximate surface area is 148 Å². The molecule has 0 heterocycles. The third kappa shape index (κ3) is 5.64. The van der Waals surface area contributed by atoms with Crippen molar-refractivity contribution in [2.75, 3.05) is 13.2 Å². The lowest BCUT2D eigenvalue weighted by Crippen LogP contribution is -2.30. The van der Waals surface area contributed by atoms with Crippen LogP contribution in [0.15, 0.2) is 54.6 Å². The van der Waals surface area contributed by atoms with Crippen LogP contribution in [-0.4, -0.2) is 25.1 Å². The van der Waals surface area contributed by atoms with E-state index in [9.17, 15) is 9.59 Å². The van der Waals surface area contributed by atoms with Gasteiger partial charge in [0.15, 0.2) is 0 Å². The van der Waals surface area contributed by atoms with Crippen molar-refractivity contribution in [3.05, 3.63) is 65.7 Å². The molecule has 1 N–H and O–H groups in total. The Morgan fingerprint density at radius 2 is 1.64 bits per heavy atom. The number of nitrogens with one attached hydrogen (secondary N) is 1. The van der Waals surface area contributed by atoms with Gasteiger partial charge in [-0.15, -0.1) is 0 Å². The van der Waals surface area contributed by atoms with Gasteiger partial charge in [-0.05, 0) is 43.7 Å². The molecule has 0 aliphatic heterocycles. The molecule has 0 aliphatic carbocycles. The van der Waals surface area contributed by atoms with Gasteiger partial charge >= 0.3 is 5.97 Å². The summed E-state index contributed by atoms with van der Waals surface area (Å²) in [5, 5.41) is 2.91. The lowest BCUT2D eigenvalue weighted by molar-refractivity contribution is -0.143. The van der Waals surface area contributed by atoms with E-state index in [1.807, 2.05) is 37.3 Å². The average molecular weight is 341 g/mol. The Morgan fingerprint density at radius 3 is 2.24 bits per heavy atom. The van der Waals surface area contributed by atoms with Crippen LogP contribution in [0.4, 0.5) is 0 Å². The van der Waals surface area contributed by atoms with Crippen molar-refractivity contribution in [2.45, 2.75) is 26.3 Å². The van der Waals surface area contributed by atoms with E-state index in [0.717, 1.165) is 11.3 Å². The highest BCUT2D eigenvalue weighted by atomic mass is 16.5. The van der Waals surface area contributed by atoms with Crippen molar-refractivity contribution in [1.82, 2.24) is 5.32 Å². The molecule has 1 unspecified atom stereocenters. The summed E-state index contributed by atoms with van der Waals surface area (Å²) >= 11 is 0. The molecule has 0 fully saturated rings. The molecule has 2 aromatic carbocycles. The molecule has 0 bridgehead atoms. The lowest BCUT2D eigenvalue weighted by atomic mass is 10.0. The van der Waals surface area contributed by atoms with Gasteiger partial charge in [0.05, 0.1) is 25.7 Å². The molecule has 0 radical (unpaired) electrons. The van der Waals surface area contributed by atoms with Crippen LogP contribution in [0.1, 0.15) is 42.2 Å². The molecule has 1 atom stereocenters. The van der Waals surface area contributed by atoms with Crippen molar-refractivity contribution in [3.63, 3.8) is 0 Å². The highest BCUT2D eigenvalue weighted by Crippen LogP contribution is 2.21. The first-order chi connectivity index (χ1) is 12.1. The Bertz CT molecular complexity index is 683. The maximum absolute atomic E-state index is 12.4. The van der Waals surface area contributed by atoms with E-state index in [4.69, 9.17) is 9.47 Å². The van der Waals surface area contributed by atoms with Crippen molar-refractivity contribution in [1.29, 1.82) is 0 Å². The number of ether oxygens (including phenoxy) is 2. The van der Waals surface area contributed by atoms with E-state index in [1.165, 1.54) is 0 Å². The van der Waals surface area contributed by atoms with Gasteiger partial charge in [-0.3, -0.25) is 9.59 Å². The van der Waals surface area contributed by atoms with Crippen LogP contribution in [0.3, 0.4) is 0 Å². The molecule has 2 aromatic rings. The molecule has 132 valence electrons. The summed E-state index contributed by atoms with van der Waals surface area (Å²) in [6.07, 6.45) is 0.0698. The zero-order valence-corrected chi connectivity index (χ0v) is 14.5. The van der Waals surface area contributed by atoms with E-state index in [2.05, 4.69) is 5.32 Å². The molecule has 2 rings (SSSR count). The highest BCUT2D eigenvalue weighted by molar-refractivity contribution is 5.94. The molecule has 5 nitrogen and oxygen atoms in total. The number of hydrogen-bond donors (Lipinski definition) is 1. The number of hydrogen-bond acceptors (Lipinski definition) is 4. The number of rotatable bonds is 8. The molecular weight excluding hydrogens is 318 g/mol. The largest absolute Gasteiger partial charge is 0.494 e. The Balaban J connectivity index is 2.17. The molecule has 0 aliphatic rings. The molecule has 25 heavy (non-hydrogen) atoms. The predicted molar refractivity (Wildman–Crippen MR) is 95.5 cm³/mol. The number of benzene rings is 2. The Morgan fingerprint density at radius 1 is 0.960 bits per heavy atom. The number of carbonyl (C=O) groups excluding carboxylic acids is 2. The highest BCUT2D eigenvalue weighted by Gasteiger charge is 2.20. The smallest absolute Gasteiger partial charge is 0.308 e. The second-order valence-electron chi connectivity index (χ2n) is 5.40. The van der Waals surface area contributed by atoms with Gasteiger partial charge in [0.1, 0.15) is 5.75 Å². The minimum atomic E-state index is -0.470. The van der Waals surface area contributed by atoms with E-state index in [-0.39, 0.29) is 18.3 Å². The van der Waals surface area contributed by atoms with E-state index in [1.54, 1.807) is 31.2 Å². The molecule has 0 spiro atoms. The second kappa shape index (κ2) is 9.47. The quantitative estimate of drug-likeness (QED) is 0.746. The molecule has 0 aromatic heterocycles. The minimum absolute atomic E-state index is 0.0698. The van der Waals surface area contributed by atoms with Crippen LogP contribution in [0, 0.1) is 0 Å². The standard InChI is InChI=1S/C20H23NO4/c1-3-24-17-12-10-15(11-13-17)18(14-19(22)25-4-2)21-20(23)16-8-6-5-7-9-16/h5-13,18H,3-4,14H2,1-2H3,(H,21,23). The van der Waals surface area contributed by atoms with Gasteiger partial charge in [-0.2, -0.15) is 0 Å². The second-order valence-corrected chi connectivity index (χ2v) is 5.40. The summed E-state index contributed by atoms with van der Waals surface area (Å²) in [6.45, 7) is 4.56. The third-order valence-electron chi connectivity index (χ3n) is 3.61. The van der Waals surface area contributed by atoms with Gasteiger partial charge < -0.3 is 14.8 Å². The van der Waals surface area contributed by atoms with Crippen molar-refractivity contribution in [3.8, 4) is 5.75 Å². The van der Waals surface area contributed by atoms with Gasteiger partial charge in [-0.25, -0.2) is 0 Å². The first-order valence-electron chi connectivity index (χ1n) is 8.38. The fourth-order valence-corrected chi connectivity index (χ4v) is 2.43. The fourth-order valence-electron chi connectivity index (χ4n) is 2.43. The zero-order chi connectivity index (χ0) is 18.1. The summed E-state index contributed by atoms with van der Waals surface area (Å²) in [5.41, 5.74) is 1.36. The predicted octanol–water partition coefficient (Wildman–Crippen LogP) is 3.51. The minimum Gasteiger partial charge on any atom is -0.494 e. The maximum atomic E-state index is 12.4. The zero-order valence-electron chi connectivity index (χ0n) is 14.5. The SMILES string of the molecule is CCOC(=O)CC(NC(=O)c1ccccc1)c1ccc(OCC)cc1. The molecule has 0 saturated carbocycles. The summed E-state index contributed by atoms with van der Waals surface area (Å²) in [7, 11) is 0. The first-order valence-corrected chi connectivity index (χ1v) is 8.38. The molecule has 0 saturated heterocycles. The van der Waals surface area contributed by atoms with Gasteiger partial charge in [-0.1, -0.05) is 30.3 Å². The van der Waals surface area contributed by atoms with E-state index >= 15 is 0 Å². The van der Waals surface area contributed by atoms with Crippen molar-refractivity contribution in [2.24, 2.45) is 0 Å². The van der Waals surface area contributed by atoms with Crippen molar-refractivity contribution >= 4 is 11.9 Å². The van der Waals surface area contributed by atoms with Gasteiger partial charge in [0.25, 0.3) is 5.91 Å². The number of carbonyl (C=O) groups is 2. The third-order valence-corrected chi connectivity index (χ3v) is 3.61. The molecular formula is C20H23NO4. The maximum Gasteiger partial charge on any atom is 0.308 e. The van der Waals surface area contributed by atoms with Crippen LogP contribution >= 0.6 is 0 Å². The van der Waals surface area contributed by atoms with Crippen LogP contribution in [0.2, 0.25) is 0 Å². The van der Waals surface area contributed by atoms with Crippen LogP contribution in [0.25, 0.3) is 0 Å². The fraction of sp³-hybridized carbons (Fsp3) is 0.300. The summed E-state index contributed by atoms with van der Waals surface area (Å²) in [6, 6.07) is 15.8. The van der Waals surface area contributed by atoms with E-state index in [0.29, 0.717) is 18.8 Å². The van der Waals surface area contributed by atoms with E-state index < -0.39 is 6.04 Å². The van der Waals surface area contributed by atoms with Crippen molar-refractivity contribution < 1.29 is 19.1 Å². The lowest BCUT2D eigenvalue weighted by Gasteiger charge is -2.19. The molecule has 1 amide bonds. The van der Waals surface area contributed by atoms with Gasteiger partial charge in [0.2, 0.25) is 0 Å². The summed E-state index contributed by atoms with van der Waals surface area (Å²) in [4.78, 5) is 24.4. The molecule has 5 heteroatoms. The Kier molecular flexibility index (Phi) is 7.01. The first kappa shape index (κ1) is 18.5. The average Bonchev–Trinajstić information content (AvgIpc) is 2.63. The summed E-state index contributed by atoms with van der Waals surface area (Å²) < 4.78 is 10.5. The number of esters is 1. The summed E-state index contributed by atoms with van der Waals surface area (Å²) in [5.74, 6) is 0.161. The van der Waals surface area contributed by atoms with Crippen LogP contribution < -0.4 is 10.1 Å². The topological polar surface area (TPSA) is 64.6 Å². The number of amides is 1. The van der Waals surface area contributed by atoms with Crippen LogP contribution in [0.5, 0.6) is 5.75 Å². The monoisotopic (exact) mass is 341 g/mol. The normalized spacial score (nSPS) is 11.4. The van der Waals surface area contributed by atoms with Gasteiger partial charge in [0, 0.05) is 5.56 Å². The van der Waals surface area contributed by atoms with Crippen LogP contribution in [-0.2, 0) is 9.53 Å². The Hall–Kier alpha value is -2.82.